The Morgan fingerprint density at radius 1 is 1.23 bits per heavy atom. The van der Waals surface area contributed by atoms with Gasteiger partial charge in [0.1, 0.15) is 18.1 Å². The molecule has 1 aromatic heterocycles. The zero-order valence-electron chi connectivity index (χ0n) is 16.3. The van der Waals surface area contributed by atoms with Crippen LogP contribution in [0.15, 0.2) is 33.7 Å². The van der Waals surface area contributed by atoms with Crippen molar-refractivity contribution in [3.05, 3.63) is 47.2 Å². The SMILES string of the molecule is CCCOc1cccc(CCNC(=NCc2nc(C)c(C)o2)NCC)c1. The molecule has 0 unspecified atom stereocenters. The third-order valence-corrected chi connectivity index (χ3v) is 3.87. The number of ether oxygens (including phenoxy) is 1. The molecule has 0 aliphatic carbocycles. The Labute approximate surface area is 156 Å². The standard InChI is InChI=1S/C20H30N4O2/c1-5-12-25-18-9-7-8-17(13-18)10-11-22-20(21-6-2)23-14-19-24-15(3)16(4)26-19/h7-9,13H,5-6,10-12,14H2,1-4H3,(H2,21,22,23). The zero-order valence-corrected chi connectivity index (χ0v) is 16.3. The number of oxazole rings is 1. The molecule has 2 N–H and O–H groups in total. The molecule has 0 bridgehead atoms. The van der Waals surface area contributed by atoms with Crippen molar-refractivity contribution >= 4 is 5.96 Å². The highest BCUT2D eigenvalue weighted by Gasteiger charge is 2.05. The Kier molecular flexibility index (Phi) is 7.99. The smallest absolute Gasteiger partial charge is 0.216 e. The van der Waals surface area contributed by atoms with Crippen LogP contribution >= 0.6 is 0 Å². The monoisotopic (exact) mass is 358 g/mol. The van der Waals surface area contributed by atoms with Crippen LogP contribution in [0.2, 0.25) is 0 Å². The van der Waals surface area contributed by atoms with E-state index in [9.17, 15) is 0 Å². The number of aromatic nitrogens is 1. The van der Waals surface area contributed by atoms with Crippen molar-refractivity contribution in [2.75, 3.05) is 19.7 Å². The van der Waals surface area contributed by atoms with Crippen LogP contribution in [0.5, 0.6) is 5.75 Å². The second-order valence-electron chi connectivity index (χ2n) is 6.12. The molecule has 142 valence electrons. The fourth-order valence-electron chi connectivity index (χ4n) is 2.43. The predicted octanol–water partition coefficient (Wildman–Crippen LogP) is 3.38. The zero-order chi connectivity index (χ0) is 18.8. The van der Waals surface area contributed by atoms with Gasteiger partial charge in [0, 0.05) is 13.1 Å². The Hall–Kier alpha value is -2.50. The average molecular weight is 358 g/mol. The number of benzene rings is 1. The fraction of sp³-hybridized carbons (Fsp3) is 0.500. The lowest BCUT2D eigenvalue weighted by Gasteiger charge is -2.11. The number of rotatable bonds is 9. The summed E-state index contributed by atoms with van der Waals surface area (Å²) in [7, 11) is 0. The maximum atomic E-state index is 5.69. The van der Waals surface area contributed by atoms with Crippen LogP contribution in [0.1, 0.15) is 43.2 Å². The third kappa shape index (κ3) is 6.43. The number of hydrogen-bond donors (Lipinski definition) is 2. The molecule has 1 heterocycles. The van der Waals surface area contributed by atoms with E-state index < -0.39 is 0 Å². The maximum Gasteiger partial charge on any atom is 0.216 e. The largest absolute Gasteiger partial charge is 0.494 e. The molecule has 2 rings (SSSR count). The van der Waals surface area contributed by atoms with Gasteiger partial charge in [-0.25, -0.2) is 9.98 Å². The molecule has 26 heavy (non-hydrogen) atoms. The van der Waals surface area contributed by atoms with Crippen molar-refractivity contribution in [2.24, 2.45) is 4.99 Å². The number of nitrogens with zero attached hydrogens (tertiary/aromatic N) is 2. The molecule has 0 atom stereocenters. The summed E-state index contributed by atoms with van der Waals surface area (Å²) in [6.07, 6.45) is 1.91. The van der Waals surface area contributed by atoms with Gasteiger partial charge in [-0.05, 0) is 51.3 Å². The van der Waals surface area contributed by atoms with Crippen molar-refractivity contribution < 1.29 is 9.15 Å². The summed E-state index contributed by atoms with van der Waals surface area (Å²) in [5, 5.41) is 6.60. The normalized spacial score (nSPS) is 11.5. The van der Waals surface area contributed by atoms with Crippen LogP contribution in [0.3, 0.4) is 0 Å². The van der Waals surface area contributed by atoms with Gasteiger partial charge in [0.05, 0.1) is 12.3 Å². The minimum atomic E-state index is 0.421. The Morgan fingerprint density at radius 2 is 2.08 bits per heavy atom. The van der Waals surface area contributed by atoms with Gasteiger partial charge in [0.15, 0.2) is 5.96 Å². The van der Waals surface area contributed by atoms with Crippen LogP contribution in [0, 0.1) is 13.8 Å². The minimum absolute atomic E-state index is 0.421. The van der Waals surface area contributed by atoms with Crippen molar-refractivity contribution in [3.8, 4) is 5.75 Å². The van der Waals surface area contributed by atoms with E-state index in [1.807, 2.05) is 32.9 Å². The lowest BCUT2D eigenvalue weighted by atomic mass is 10.1. The van der Waals surface area contributed by atoms with E-state index in [1.54, 1.807) is 0 Å². The first-order valence-corrected chi connectivity index (χ1v) is 9.29. The molecule has 0 saturated heterocycles. The third-order valence-electron chi connectivity index (χ3n) is 3.87. The highest BCUT2D eigenvalue weighted by Crippen LogP contribution is 2.14. The number of nitrogens with one attached hydrogen (secondary N) is 2. The van der Waals surface area contributed by atoms with E-state index in [2.05, 4.69) is 39.7 Å². The second kappa shape index (κ2) is 10.5. The molecule has 0 fully saturated rings. The summed E-state index contributed by atoms with van der Waals surface area (Å²) < 4.78 is 11.3. The van der Waals surface area contributed by atoms with Gasteiger partial charge in [0.25, 0.3) is 0 Å². The summed E-state index contributed by atoms with van der Waals surface area (Å²) in [6, 6.07) is 8.24. The molecule has 6 heteroatoms. The first kappa shape index (κ1) is 19.8. The van der Waals surface area contributed by atoms with Crippen LogP contribution < -0.4 is 15.4 Å². The lowest BCUT2D eigenvalue weighted by molar-refractivity contribution is 0.317. The summed E-state index contributed by atoms with van der Waals surface area (Å²) in [5.41, 5.74) is 2.15. The van der Waals surface area contributed by atoms with Crippen molar-refractivity contribution in [2.45, 2.75) is 47.1 Å². The Balaban J connectivity index is 1.86. The van der Waals surface area contributed by atoms with E-state index in [-0.39, 0.29) is 0 Å². The van der Waals surface area contributed by atoms with E-state index in [0.29, 0.717) is 12.4 Å². The first-order chi connectivity index (χ1) is 12.6. The highest BCUT2D eigenvalue weighted by molar-refractivity contribution is 5.79. The molecular formula is C20H30N4O2. The van der Waals surface area contributed by atoms with Gasteiger partial charge < -0.3 is 19.8 Å². The topological polar surface area (TPSA) is 71.7 Å². The van der Waals surface area contributed by atoms with Crippen molar-refractivity contribution in [1.29, 1.82) is 0 Å². The van der Waals surface area contributed by atoms with Crippen LogP contribution in [0.25, 0.3) is 0 Å². The summed E-state index contributed by atoms with van der Waals surface area (Å²) in [4.78, 5) is 8.90. The van der Waals surface area contributed by atoms with Gasteiger partial charge >= 0.3 is 0 Å². The average Bonchev–Trinajstić information content (AvgIpc) is 2.96. The number of guanidine groups is 1. The van der Waals surface area contributed by atoms with Gasteiger partial charge in [0.2, 0.25) is 5.89 Å². The number of hydrogen-bond acceptors (Lipinski definition) is 4. The number of aryl methyl sites for hydroxylation is 2. The molecule has 0 radical (unpaired) electrons. The molecule has 0 aliphatic heterocycles. The molecule has 6 nitrogen and oxygen atoms in total. The maximum absolute atomic E-state index is 5.69. The van der Waals surface area contributed by atoms with Gasteiger partial charge in [-0.3, -0.25) is 0 Å². The summed E-state index contributed by atoms with van der Waals surface area (Å²) >= 11 is 0. The number of aliphatic imine (C=N–C) groups is 1. The van der Waals surface area contributed by atoms with Gasteiger partial charge in [-0.1, -0.05) is 19.1 Å². The van der Waals surface area contributed by atoms with Gasteiger partial charge in [-0.15, -0.1) is 0 Å². The van der Waals surface area contributed by atoms with Crippen LogP contribution in [-0.4, -0.2) is 30.6 Å². The van der Waals surface area contributed by atoms with Crippen molar-refractivity contribution in [1.82, 2.24) is 15.6 Å². The molecule has 2 aromatic rings. The predicted molar refractivity (Wildman–Crippen MR) is 105 cm³/mol. The van der Waals surface area contributed by atoms with Gasteiger partial charge in [-0.2, -0.15) is 0 Å². The minimum Gasteiger partial charge on any atom is -0.494 e. The molecule has 0 amide bonds. The molecule has 1 aromatic carbocycles. The van der Waals surface area contributed by atoms with Crippen LogP contribution in [-0.2, 0) is 13.0 Å². The van der Waals surface area contributed by atoms with E-state index in [0.717, 1.165) is 55.7 Å². The quantitative estimate of drug-likeness (QED) is 0.531. The highest BCUT2D eigenvalue weighted by atomic mass is 16.5. The van der Waals surface area contributed by atoms with E-state index in [4.69, 9.17) is 9.15 Å². The molecule has 0 spiro atoms. The second-order valence-corrected chi connectivity index (χ2v) is 6.12. The Bertz CT molecular complexity index is 690. The Morgan fingerprint density at radius 3 is 2.77 bits per heavy atom. The van der Waals surface area contributed by atoms with Crippen molar-refractivity contribution in [3.63, 3.8) is 0 Å². The first-order valence-electron chi connectivity index (χ1n) is 9.29. The van der Waals surface area contributed by atoms with E-state index >= 15 is 0 Å². The summed E-state index contributed by atoms with van der Waals surface area (Å²) in [6.45, 7) is 10.8. The molecular weight excluding hydrogens is 328 g/mol. The lowest BCUT2D eigenvalue weighted by Crippen LogP contribution is -2.38. The van der Waals surface area contributed by atoms with Crippen LogP contribution in [0.4, 0.5) is 0 Å². The molecule has 0 aliphatic rings. The van der Waals surface area contributed by atoms with E-state index in [1.165, 1.54) is 5.56 Å². The fourth-order valence-corrected chi connectivity index (χ4v) is 2.43. The molecule has 0 saturated carbocycles. The summed E-state index contributed by atoms with van der Waals surface area (Å²) in [5.74, 6) is 3.18.